The summed E-state index contributed by atoms with van der Waals surface area (Å²) in [7, 11) is 0. The van der Waals surface area contributed by atoms with E-state index in [1.165, 1.54) is 18.3 Å². The molecule has 1 aliphatic rings. The van der Waals surface area contributed by atoms with Crippen LogP contribution in [-0.4, -0.2) is 11.9 Å². The van der Waals surface area contributed by atoms with Gasteiger partial charge in [0.1, 0.15) is 0 Å². The van der Waals surface area contributed by atoms with Gasteiger partial charge in [0.05, 0.1) is 0 Å². The summed E-state index contributed by atoms with van der Waals surface area (Å²) in [6, 6.07) is 0. The number of hydrogen-bond acceptors (Lipinski definition) is 3. The predicted octanol–water partition coefficient (Wildman–Crippen LogP) is -0.0824. The first kappa shape index (κ1) is 2.90. The monoisotopic (exact) mass is 85.0 g/mol. The minimum atomic E-state index is 1.23. The molecule has 2 nitrogen and oxygen atoms in total. The molecular formula is C2HN2S+. The van der Waals surface area contributed by atoms with Crippen molar-refractivity contribution >= 4 is 23.8 Å². The molecule has 1 heterocycles. The largest absolute Gasteiger partial charge is 0.338 e. The van der Waals surface area contributed by atoms with Gasteiger partial charge < -0.3 is 0 Å². The highest BCUT2D eigenvalue weighted by atomic mass is 32.2. The second-order valence-corrected chi connectivity index (χ2v) is 1.11. The third-order valence-corrected chi connectivity index (χ3v) is 0.638. The Morgan fingerprint density at radius 2 is 3.00 bits per heavy atom. The second-order valence-electron chi connectivity index (χ2n) is 0.533. The van der Waals surface area contributed by atoms with Crippen molar-refractivity contribution in [2.24, 2.45) is 4.99 Å². The molecule has 1 rings (SSSR count). The zero-order valence-electron chi connectivity index (χ0n) is 2.38. The van der Waals surface area contributed by atoms with Crippen LogP contribution >= 0.6 is 11.9 Å². The first-order valence-corrected chi connectivity index (χ1v) is 1.90. The van der Waals surface area contributed by atoms with Crippen molar-refractivity contribution in [2.75, 3.05) is 0 Å². The molecular weight excluding hydrogens is 84.1 g/mol. The second kappa shape index (κ2) is 1.21. The molecule has 24 valence electrons. The van der Waals surface area contributed by atoms with Crippen LogP contribution in [0.4, 0.5) is 0 Å². The average molecular weight is 85.1 g/mol. The summed E-state index contributed by atoms with van der Waals surface area (Å²) in [5.41, 5.74) is 2.54. The van der Waals surface area contributed by atoms with E-state index in [1.54, 1.807) is 0 Å². The number of hydrogen-bond donors (Lipinski definition) is 0. The van der Waals surface area contributed by atoms with Crippen LogP contribution in [0.25, 0.3) is 0 Å². The maximum absolute atomic E-state index is 3.60. The summed E-state index contributed by atoms with van der Waals surface area (Å²) >= 11 is 1.23. The molecule has 2 radical (unpaired) electrons. The van der Waals surface area contributed by atoms with Gasteiger partial charge in [-0.15, -0.1) is 0 Å². The van der Waals surface area contributed by atoms with Crippen LogP contribution < -0.4 is 4.40 Å². The summed E-state index contributed by atoms with van der Waals surface area (Å²) in [5.74, 6) is 0. The summed E-state index contributed by atoms with van der Waals surface area (Å²) in [4.78, 5) is 3.50. The molecule has 3 heteroatoms. The van der Waals surface area contributed by atoms with Crippen molar-refractivity contribution in [3.8, 4) is 0 Å². The van der Waals surface area contributed by atoms with E-state index in [2.05, 4.69) is 14.9 Å². The molecule has 0 unspecified atom stereocenters. The molecule has 0 aromatic rings. The van der Waals surface area contributed by atoms with Gasteiger partial charge >= 0.3 is 11.9 Å². The minimum absolute atomic E-state index is 1.23. The molecule has 0 aromatic heterocycles. The van der Waals surface area contributed by atoms with Crippen molar-refractivity contribution in [3.63, 3.8) is 0 Å². The molecule has 0 spiro atoms. The number of nitrogens with zero attached hydrogens (tertiary/aromatic N) is 2. The minimum Gasteiger partial charge on any atom is -0.0275 e. The molecule has 0 aliphatic carbocycles. The molecule has 0 atom stereocenters. The Kier molecular flexibility index (Phi) is 0.705. The lowest BCUT2D eigenvalue weighted by Gasteiger charge is -1.35. The highest BCUT2D eigenvalue weighted by molar-refractivity contribution is 8.10. The van der Waals surface area contributed by atoms with E-state index < -0.39 is 0 Å². The van der Waals surface area contributed by atoms with Gasteiger partial charge in [-0.1, -0.05) is 0 Å². The lowest BCUT2D eigenvalue weighted by molar-refractivity contribution is 1.69. The van der Waals surface area contributed by atoms with E-state index in [1.807, 2.05) is 0 Å². The summed E-state index contributed by atoms with van der Waals surface area (Å²) in [6.07, 6.45) is 1.46. The highest BCUT2D eigenvalue weighted by Gasteiger charge is 1.95. The van der Waals surface area contributed by atoms with Crippen LogP contribution in [0.15, 0.2) is 4.99 Å². The smallest absolute Gasteiger partial charge is 0.0275 e. The maximum atomic E-state index is 3.60. The van der Waals surface area contributed by atoms with Crippen LogP contribution in [0, 0.1) is 0 Å². The van der Waals surface area contributed by atoms with Crippen molar-refractivity contribution in [2.45, 2.75) is 0 Å². The lowest BCUT2D eigenvalue weighted by atomic mass is 11.3. The van der Waals surface area contributed by atoms with Gasteiger partial charge in [0.15, 0.2) is 0 Å². The molecule has 0 aromatic carbocycles. The normalized spacial score (nSPS) is 17.6. The van der Waals surface area contributed by atoms with Gasteiger partial charge in [-0.2, -0.15) is 0 Å². The molecule has 0 fully saturated rings. The lowest BCUT2D eigenvalue weighted by Crippen LogP contribution is -1.60. The Labute approximate surface area is 34.1 Å². The molecule has 0 saturated carbocycles. The molecule has 0 amide bonds. The van der Waals surface area contributed by atoms with Crippen molar-refractivity contribution in [1.82, 2.24) is 4.40 Å². The zero-order valence-corrected chi connectivity index (χ0v) is 3.20. The van der Waals surface area contributed by atoms with Crippen LogP contribution in [0.3, 0.4) is 0 Å². The van der Waals surface area contributed by atoms with Gasteiger partial charge in [0.2, 0.25) is 11.9 Å². The van der Waals surface area contributed by atoms with Gasteiger partial charge in [-0.05, 0) is 4.99 Å². The molecule has 0 bridgehead atoms. The third kappa shape index (κ3) is 0.479. The highest BCUT2D eigenvalue weighted by Crippen LogP contribution is 1.86. The van der Waals surface area contributed by atoms with E-state index >= 15 is 0 Å². The summed E-state index contributed by atoms with van der Waals surface area (Å²) < 4.78 is 3.60. The number of aliphatic imine (C=N–C) groups is 1. The Bertz CT molecular complexity index is 65.7. The van der Waals surface area contributed by atoms with Gasteiger partial charge in [0.25, 0.3) is 0 Å². The van der Waals surface area contributed by atoms with Gasteiger partial charge in [-0.3, -0.25) is 0 Å². The van der Waals surface area contributed by atoms with Crippen LogP contribution in [0.2, 0.25) is 0 Å². The van der Waals surface area contributed by atoms with Crippen LogP contribution in [0.5, 0.6) is 0 Å². The summed E-state index contributed by atoms with van der Waals surface area (Å²) in [6.45, 7) is 0. The SMILES string of the molecule is [C]1=NC=[N+]S1. The molecule has 5 heavy (non-hydrogen) atoms. The fourth-order valence-electron chi connectivity index (χ4n) is 0.118. The fraction of sp³-hybridized carbons (Fsp3) is 0. The van der Waals surface area contributed by atoms with Crippen LogP contribution in [-0.2, 0) is 0 Å². The standard InChI is InChI=1S/C2HN2S/c1-3-2-5-4-1/h1H/q+1. The van der Waals surface area contributed by atoms with Crippen molar-refractivity contribution < 1.29 is 0 Å². The third-order valence-electron chi connectivity index (χ3n) is 0.251. The van der Waals surface area contributed by atoms with Crippen LogP contribution in [0.1, 0.15) is 0 Å². The van der Waals surface area contributed by atoms with Crippen molar-refractivity contribution in [1.29, 1.82) is 0 Å². The first-order valence-electron chi connectivity index (χ1n) is 1.13. The molecule has 0 saturated heterocycles. The number of rotatable bonds is 0. The van der Waals surface area contributed by atoms with E-state index in [-0.39, 0.29) is 0 Å². The Morgan fingerprint density at radius 3 is 3.20 bits per heavy atom. The quantitative estimate of drug-likeness (QED) is 0.378. The maximum Gasteiger partial charge on any atom is 0.338 e. The van der Waals surface area contributed by atoms with E-state index in [9.17, 15) is 0 Å². The average Bonchev–Trinajstić information content (AvgIpc) is 1.76. The fourth-order valence-corrected chi connectivity index (χ4v) is 0.354. The predicted molar refractivity (Wildman–Crippen MR) is 23.2 cm³/mol. The first-order chi connectivity index (χ1) is 2.50. The topological polar surface area (TPSA) is 26.5 Å². The van der Waals surface area contributed by atoms with E-state index in [0.29, 0.717) is 0 Å². The van der Waals surface area contributed by atoms with E-state index in [4.69, 9.17) is 0 Å². The zero-order chi connectivity index (χ0) is 3.54. The van der Waals surface area contributed by atoms with E-state index in [0.717, 1.165) is 0 Å². The Balaban J connectivity index is 2.61. The van der Waals surface area contributed by atoms with Gasteiger partial charge in [0, 0.05) is 4.40 Å². The van der Waals surface area contributed by atoms with Crippen molar-refractivity contribution in [3.05, 3.63) is 0 Å². The molecule has 1 aliphatic heterocycles. The Morgan fingerprint density at radius 1 is 2.00 bits per heavy atom. The summed E-state index contributed by atoms with van der Waals surface area (Å²) in [5, 5.41) is 0. The Hall–Kier alpha value is -0.310. The molecule has 0 N–H and O–H groups in total. The van der Waals surface area contributed by atoms with Gasteiger partial charge in [-0.25, -0.2) is 0 Å².